The summed E-state index contributed by atoms with van der Waals surface area (Å²) < 4.78 is 11.5. The van der Waals surface area contributed by atoms with Crippen LogP contribution < -0.4 is 0 Å². The van der Waals surface area contributed by atoms with Crippen LogP contribution in [0.3, 0.4) is 0 Å². The van der Waals surface area contributed by atoms with Gasteiger partial charge in [-0.15, -0.1) is 11.3 Å². The summed E-state index contributed by atoms with van der Waals surface area (Å²) in [6, 6.07) is 11.5. The highest BCUT2D eigenvalue weighted by Crippen LogP contribution is 2.26. The van der Waals surface area contributed by atoms with Gasteiger partial charge < -0.3 is 9.26 Å². The number of fused-ring (bicyclic) bond motifs is 1. The van der Waals surface area contributed by atoms with E-state index in [9.17, 15) is 4.79 Å². The maximum Gasteiger partial charge on any atom is 0.348 e. The van der Waals surface area contributed by atoms with E-state index in [2.05, 4.69) is 10.1 Å². The Morgan fingerprint density at radius 1 is 1.26 bits per heavy atom. The maximum atomic E-state index is 12.1. The normalized spacial score (nSPS) is 11.0. The first-order chi connectivity index (χ1) is 11.3. The van der Waals surface area contributed by atoms with Crippen LogP contribution in [0.15, 0.2) is 51.7 Å². The third-order valence-corrected chi connectivity index (χ3v) is 4.97. The number of carbonyl (C=O) groups is 1. The third-order valence-electron chi connectivity index (χ3n) is 3.20. The summed E-state index contributed by atoms with van der Waals surface area (Å²) in [5, 5.41) is 8.70. The van der Waals surface area contributed by atoms with Crippen LogP contribution in [0.4, 0.5) is 0 Å². The summed E-state index contributed by atoms with van der Waals surface area (Å²) in [5.41, 5.74) is 0.865. The van der Waals surface area contributed by atoms with E-state index in [1.54, 1.807) is 11.3 Å². The largest absolute Gasteiger partial charge is 0.453 e. The average molecular weight is 342 g/mol. The summed E-state index contributed by atoms with van der Waals surface area (Å²) in [6.45, 7) is -0.0132. The van der Waals surface area contributed by atoms with E-state index in [4.69, 9.17) is 9.26 Å². The minimum atomic E-state index is -0.381. The second-order valence-electron chi connectivity index (χ2n) is 4.75. The van der Waals surface area contributed by atoms with Crippen molar-refractivity contribution in [1.29, 1.82) is 0 Å². The molecule has 0 N–H and O–H groups in total. The lowest BCUT2D eigenvalue weighted by Crippen LogP contribution is -2.04. The number of ether oxygens (including phenoxy) is 1. The quantitative estimate of drug-likeness (QED) is 0.515. The lowest BCUT2D eigenvalue weighted by Gasteiger charge is -1.98. The fourth-order valence-corrected chi connectivity index (χ4v) is 3.69. The summed E-state index contributed by atoms with van der Waals surface area (Å²) in [5.74, 6) is 0.396. The van der Waals surface area contributed by atoms with E-state index in [0.717, 1.165) is 15.6 Å². The number of thiophene rings is 2. The molecule has 0 spiro atoms. The second-order valence-corrected chi connectivity index (χ2v) is 6.62. The lowest BCUT2D eigenvalue weighted by molar-refractivity contribution is 0.0465. The van der Waals surface area contributed by atoms with E-state index in [1.807, 2.05) is 47.2 Å². The van der Waals surface area contributed by atoms with Crippen molar-refractivity contribution in [3.8, 4) is 11.5 Å². The van der Waals surface area contributed by atoms with Gasteiger partial charge in [0.1, 0.15) is 4.88 Å². The fourth-order valence-electron chi connectivity index (χ4n) is 2.10. The Morgan fingerprint density at radius 2 is 2.17 bits per heavy atom. The standard InChI is InChI=1S/C16H10N2O3S2/c19-16(13-7-10-3-1-2-4-12(10)23-13)20-8-14-17-15(21-18-14)11-5-6-22-9-11/h1-7,9H,8H2. The van der Waals surface area contributed by atoms with Gasteiger partial charge in [-0.2, -0.15) is 16.3 Å². The predicted molar refractivity (Wildman–Crippen MR) is 88.6 cm³/mol. The van der Waals surface area contributed by atoms with Gasteiger partial charge in [0.25, 0.3) is 5.89 Å². The van der Waals surface area contributed by atoms with Gasteiger partial charge >= 0.3 is 5.97 Å². The molecule has 1 aromatic carbocycles. The zero-order valence-electron chi connectivity index (χ0n) is 11.8. The Balaban J connectivity index is 1.45. The summed E-state index contributed by atoms with van der Waals surface area (Å²) >= 11 is 2.96. The van der Waals surface area contributed by atoms with Gasteiger partial charge in [-0.1, -0.05) is 23.4 Å². The first-order valence-corrected chi connectivity index (χ1v) is 8.56. The molecule has 3 aromatic heterocycles. The number of benzene rings is 1. The molecule has 0 saturated heterocycles. The van der Waals surface area contributed by atoms with Crippen molar-refractivity contribution >= 4 is 38.7 Å². The van der Waals surface area contributed by atoms with E-state index in [1.165, 1.54) is 11.3 Å². The van der Waals surface area contributed by atoms with Crippen molar-refractivity contribution in [2.24, 2.45) is 0 Å². The summed E-state index contributed by atoms with van der Waals surface area (Å²) in [6.07, 6.45) is 0. The Morgan fingerprint density at radius 3 is 3.00 bits per heavy atom. The summed E-state index contributed by atoms with van der Waals surface area (Å²) in [4.78, 5) is 16.9. The molecule has 0 bridgehead atoms. The summed E-state index contributed by atoms with van der Waals surface area (Å²) in [7, 11) is 0. The Labute approximate surface area is 139 Å². The molecular weight excluding hydrogens is 332 g/mol. The van der Waals surface area contributed by atoms with E-state index in [-0.39, 0.29) is 12.6 Å². The van der Waals surface area contributed by atoms with Gasteiger partial charge in [0, 0.05) is 10.1 Å². The van der Waals surface area contributed by atoms with Crippen LogP contribution in [0.1, 0.15) is 15.5 Å². The van der Waals surface area contributed by atoms with E-state index >= 15 is 0 Å². The van der Waals surface area contributed by atoms with Crippen molar-refractivity contribution in [3.05, 3.63) is 57.9 Å². The monoisotopic (exact) mass is 342 g/mol. The number of hydrogen-bond donors (Lipinski definition) is 0. The van der Waals surface area contributed by atoms with Crippen LogP contribution >= 0.6 is 22.7 Å². The highest BCUT2D eigenvalue weighted by molar-refractivity contribution is 7.20. The third kappa shape index (κ3) is 2.88. The minimum Gasteiger partial charge on any atom is -0.453 e. The molecule has 4 aromatic rings. The number of hydrogen-bond acceptors (Lipinski definition) is 7. The van der Waals surface area contributed by atoms with Crippen molar-refractivity contribution in [2.75, 3.05) is 0 Å². The molecule has 0 aliphatic rings. The molecule has 0 unspecified atom stereocenters. The molecule has 0 saturated carbocycles. The number of aromatic nitrogens is 2. The molecule has 7 heteroatoms. The first-order valence-electron chi connectivity index (χ1n) is 6.80. The molecular formula is C16H10N2O3S2. The zero-order valence-corrected chi connectivity index (χ0v) is 13.4. The molecule has 5 nitrogen and oxygen atoms in total. The van der Waals surface area contributed by atoms with Crippen molar-refractivity contribution in [2.45, 2.75) is 6.61 Å². The van der Waals surface area contributed by atoms with E-state index < -0.39 is 0 Å². The first kappa shape index (κ1) is 14.1. The zero-order chi connectivity index (χ0) is 15.6. The van der Waals surface area contributed by atoms with Crippen LogP contribution in [0.25, 0.3) is 21.5 Å². The van der Waals surface area contributed by atoms with Gasteiger partial charge in [0.2, 0.25) is 5.82 Å². The topological polar surface area (TPSA) is 65.2 Å². The smallest absolute Gasteiger partial charge is 0.348 e. The second kappa shape index (κ2) is 5.94. The number of esters is 1. The van der Waals surface area contributed by atoms with Crippen LogP contribution in [-0.4, -0.2) is 16.1 Å². The maximum absolute atomic E-state index is 12.1. The minimum absolute atomic E-state index is 0.0132. The molecule has 0 fully saturated rings. The molecule has 114 valence electrons. The number of rotatable bonds is 4. The highest BCUT2D eigenvalue weighted by atomic mass is 32.1. The van der Waals surface area contributed by atoms with Crippen molar-refractivity contribution in [1.82, 2.24) is 10.1 Å². The molecule has 3 heterocycles. The van der Waals surface area contributed by atoms with Gasteiger partial charge in [-0.05, 0) is 29.0 Å². The van der Waals surface area contributed by atoms with Crippen LogP contribution in [0.5, 0.6) is 0 Å². The van der Waals surface area contributed by atoms with E-state index in [0.29, 0.717) is 16.6 Å². The SMILES string of the molecule is O=C(OCc1noc(-c2ccsc2)n1)c1cc2ccccc2s1. The lowest BCUT2D eigenvalue weighted by atomic mass is 10.2. The molecule has 0 aliphatic carbocycles. The molecule has 0 aliphatic heterocycles. The molecule has 0 atom stereocenters. The van der Waals surface area contributed by atoms with Gasteiger partial charge in [-0.25, -0.2) is 4.79 Å². The Bertz CT molecular complexity index is 924. The Hall–Kier alpha value is -2.51. The molecule has 4 rings (SSSR count). The average Bonchev–Trinajstić information content (AvgIpc) is 3.31. The number of nitrogens with zero attached hydrogens (tertiary/aromatic N) is 2. The fraction of sp³-hybridized carbons (Fsp3) is 0.0625. The number of carbonyl (C=O) groups excluding carboxylic acids is 1. The van der Waals surface area contributed by atoms with Crippen LogP contribution in [-0.2, 0) is 11.3 Å². The molecule has 23 heavy (non-hydrogen) atoms. The van der Waals surface area contributed by atoms with Gasteiger partial charge in [0.05, 0.1) is 5.56 Å². The van der Waals surface area contributed by atoms with Crippen molar-refractivity contribution in [3.63, 3.8) is 0 Å². The van der Waals surface area contributed by atoms with Crippen LogP contribution in [0.2, 0.25) is 0 Å². The van der Waals surface area contributed by atoms with Crippen molar-refractivity contribution < 1.29 is 14.1 Å². The highest BCUT2D eigenvalue weighted by Gasteiger charge is 2.14. The molecule has 0 amide bonds. The van der Waals surface area contributed by atoms with Crippen LogP contribution in [0, 0.1) is 0 Å². The predicted octanol–water partition coefficient (Wildman–Crippen LogP) is 4.37. The van der Waals surface area contributed by atoms with Gasteiger partial charge in [-0.3, -0.25) is 0 Å². The Kier molecular flexibility index (Phi) is 3.64. The molecule has 0 radical (unpaired) electrons. The van der Waals surface area contributed by atoms with Gasteiger partial charge in [0.15, 0.2) is 6.61 Å².